The first-order valence-corrected chi connectivity index (χ1v) is 8.74. The number of hydrogen-bond donors (Lipinski definition) is 2. The zero-order chi connectivity index (χ0) is 18.8. The van der Waals surface area contributed by atoms with E-state index in [9.17, 15) is 19.5 Å². The van der Waals surface area contributed by atoms with Gasteiger partial charge >= 0.3 is 5.97 Å². The number of carbonyl (C=O) groups excluding carboxylic acids is 2. The largest absolute Gasteiger partial charge is 0.480 e. The third-order valence-electron chi connectivity index (χ3n) is 4.24. The number of ether oxygens (including phenoxy) is 1. The van der Waals surface area contributed by atoms with Gasteiger partial charge in [0, 0.05) is 20.1 Å². The fourth-order valence-electron chi connectivity index (χ4n) is 2.89. The summed E-state index contributed by atoms with van der Waals surface area (Å²) in [5, 5.41) is 12.5. The number of likely N-dealkylation sites (tertiary alicyclic amines) is 1. The van der Waals surface area contributed by atoms with E-state index in [0.29, 0.717) is 15.4 Å². The Bertz CT molecular complexity index is 828. The molecule has 2 atom stereocenters. The molecular weight excluding hydrogens is 360 g/mol. The van der Waals surface area contributed by atoms with Gasteiger partial charge < -0.3 is 24.5 Å². The van der Waals surface area contributed by atoms with Gasteiger partial charge in [0.25, 0.3) is 11.8 Å². The van der Waals surface area contributed by atoms with Crippen molar-refractivity contribution in [3.05, 3.63) is 40.7 Å². The molecule has 2 amide bonds. The normalized spacial score (nSPS) is 19.5. The van der Waals surface area contributed by atoms with Gasteiger partial charge in [-0.05, 0) is 30.7 Å². The summed E-state index contributed by atoms with van der Waals surface area (Å²) >= 11 is 1.10. The van der Waals surface area contributed by atoms with Gasteiger partial charge in [-0.15, -0.1) is 11.3 Å². The number of nitrogens with one attached hydrogen (secondary N) is 1. The van der Waals surface area contributed by atoms with Crippen molar-refractivity contribution in [2.75, 3.05) is 19.0 Å². The smallest absolute Gasteiger partial charge is 0.326 e. The van der Waals surface area contributed by atoms with Crippen molar-refractivity contribution in [3.63, 3.8) is 0 Å². The Labute approximate surface area is 153 Å². The number of amides is 2. The van der Waals surface area contributed by atoms with Crippen LogP contribution in [0.1, 0.15) is 32.2 Å². The summed E-state index contributed by atoms with van der Waals surface area (Å²) < 4.78 is 10.3. The molecule has 2 N–H and O–H groups in total. The SMILES string of the molecule is COC1CC(C(=O)O)N(C(=O)c2sc(NC(=O)c3ccco3)cc2C)C1. The lowest BCUT2D eigenvalue weighted by molar-refractivity contribution is -0.141. The van der Waals surface area contributed by atoms with Crippen molar-refractivity contribution in [1.29, 1.82) is 0 Å². The molecule has 138 valence electrons. The van der Waals surface area contributed by atoms with Crippen LogP contribution in [0.15, 0.2) is 28.9 Å². The molecule has 0 saturated carbocycles. The third kappa shape index (κ3) is 3.49. The van der Waals surface area contributed by atoms with Crippen molar-refractivity contribution < 1.29 is 28.6 Å². The second kappa shape index (κ2) is 7.30. The zero-order valence-electron chi connectivity index (χ0n) is 14.2. The predicted molar refractivity (Wildman–Crippen MR) is 93.6 cm³/mol. The van der Waals surface area contributed by atoms with Gasteiger partial charge in [0.2, 0.25) is 0 Å². The van der Waals surface area contributed by atoms with Crippen LogP contribution in [-0.4, -0.2) is 53.6 Å². The molecule has 1 aliphatic rings. The Morgan fingerprint density at radius 3 is 2.81 bits per heavy atom. The molecule has 3 rings (SSSR count). The number of hydrogen-bond acceptors (Lipinski definition) is 6. The number of carboxylic acid groups (broad SMARTS) is 1. The summed E-state index contributed by atoms with van der Waals surface area (Å²) in [7, 11) is 1.50. The quantitative estimate of drug-likeness (QED) is 0.826. The minimum Gasteiger partial charge on any atom is -0.480 e. The minimum absolute atomic E-state index is 0.164. The summed E-state index contributed by atoms with van der Waals surface area (Å²) in [6.07, 6.45) is 1.35. The molecule has 2 aromatic rings. The zero-order valence-corrected chi connectivity index (χ0v) is 15.0. The number of rotatable bonds is 5. The van der Waals surface area contributed by atoms with Crippen molar-refractivity contribution in [2.45, 2.75) is 25.5 Å². The Kier molecular flexibility index (Phi) is 5.10. The summed E-state index contributed by atoms with van der Waals surface area (Å²) in [5.41, 5.74) is 0.666. The minimum atomic E-state index is -1.06. The Morgan fingerprint density at radius 2 is 2.19 bits per heavy atom. The molecule has 9 heteroatoms. The lowest BCUT2D eigenvalue weighted by Gasteiger charge is -2.20. The Morgan fingerprint density at radius 1 is 1.42 bits per heavy atom. The first kappa shape index (κ1) is 18.2. The maximum Gasteiger partial charge on any atom is 0.326 e. The molecule has 0 spiro atoms. The molecule has 1 saturated heterocycles. The molecule has 26 heavy (non-hydrogen) atoms. The van der Waals surface area contributed by atoms with Crippen LogP contribution >= 0.6 is 11.3 Å². The van der Waals surface area contributed by atoms with Crippen LogP contribution in [0.5, 0.6) is 0 Å². The number of carbonyl (C=O) groups is 3. The second-order valence-electron chi connectivity index (χ2n) is 5.96. The summed E-state index contributed by atoms with van der Waals surface area (Å²) in [6.45, 7) is 1.96. The number of methoxy groups -OCH3 is 1. The number of aliphatic carboxylic acids is 1. The van der Waals surface area contributed by atoms with Crippen LogP contribution in [0.2, 0.25) is 0 Å². The number of thiophene rings is 1. The van der Waals surface area contributed by atoms with Gasteiger partial charge in [0.05, 0.1) is 22.2 Å². The van der Waals surface area contributed by atoms with Crippen LogP contribution in [0.3, 0.4) is 0 Å². The maximum atomic E-state index is 12.9. The van der Waals surface area contributed by atoms with E-state index in [1.54, 1.807) is 19.1 Å². The highest BCUT2D eigenvalue weighted by Crippen LogP contribution is 2.31. The van der Waals surface area contributed by atoms with E-state index in [2.05, 4.69) is 5.32 Å². The predicted octanol–water partition coefficient (Wildman–Crippen LogP) is 2.22. The molecule has 1 fully saturated rings. The number of furan rings is 1. The fourth-order valence-corrected chi connectivity index (χ4v) is 3.92. The molecule has 8 nitrogen and oxygen atoms in total. The van der Waals surface area contributed by atoms with Crippen LogP contribution in [0.25, 0.3) is 0 Å². The van der Waals surface area contributed by atoms with E-state index in [1.807, 2.05) is 0 Å². The molecule has 1 aliphatic heterocycles. The van der Waals surface area contributed by atoms with Gasteiger partial charge in [-0.3, -0.25) is 9.59 Å². The Hall–Kier alpha value is -2.65. The molecule has 0 radical (unpaired) electrons. The van der Waals surface area contributed by atoms with E-state index in [1.165, 1.54) is 24.3 Å². The average Bonchev–Trinajstić information content (AvgIpc) is 3.33. The van der Waals surface area contributed by atoms with E-state index >= 15 is 0 Å². The maximum absolute atomic E-state index is 12.9. The van der Waals surface area contributed by atoms with Crippen molar-refractivity contribution in [1.82, 2.24) is 4.90 Å². The van der Waals surface area contributed by atoms with Gasteiger partial charge in [-0.1, -0.05) is 0 Å². The average molecular weight is 378 g/mol. The summed E-state index contributed by atoms with van der Waals surface area (Å²) in [5.74, 6) is -1.69. The lowest BCUT2D eigenvalue weighted by Crippen LogP contribution is -2.40. The highest BCUT2D eigenvalue weighted by molar-refractivity contribution is 7.18. The molecular formula is C17H18N2O6S. The van der Waals surface area contributed by atoms with E-state index in [4.69, 9.17) is 9.15 Å². The number of aryl methyl sites for hydroxylation is 1. The molecule has 0 bridgehead atoms. The van der Waals surface area contributed by atoms with Crippen LogP contribution in [0.4, 0.5) is 5.00 Å². The topological polar surface area (TPSA) is 109 Å². The second-order valence-corrected chi connectivity index (χ2v) is 7.01. The Balaban J connectivity index is 1.78. The first-order valence-electron chi connectivity index (χ1n) is 7.92. The van der Waals surface area contributed by atoms with E-state index in [0.717, 1.165) is 11.3 Å². The number of nitrogens with zero attached hydrogens (tertiary/aromatic N) is 1. The van der Waals surface area contributed by atoms with Crippen molar-refractivity contribution in [3.8, 4) is 0 Å². The summed E-state index contributed by atoms with van der Waals surface area (Å²) in [6, 6.07) is 3.90. The molecule has 0 aliphatic carbocycles. The highest BCUT2D eigenvalue weighted by atomic mass is 32.1. The first-order chi connectivity index (χ1) is 12.4. The number of anilines is 1. The lowest BCUT2D eigenvalue weighted by atomic mass is 10.2. The van der Waals surface area contributed by atoms with E-state index < -0.39 is 17.9 Å². The monoisotopic (exact) mass is 378 g/mol. The van der Waals surface area contributed by atoms with Gasteiger partial charge in [-0.25, -0.2) is 4.79 Å². The van der Waals surface area contributed by atoms with Crippen LogP contribution in [0, 0.1) is 6.92 Å². The molecule has 0 aromatic carbocycles. The van der Waals surface area contributed by atoms with Crippen molar-refractivity contribution >= 4 is 34.1 Å². The van der Waals surface area contributed by atoms with Gasteiger partial charge in [-0.2, -0.15) is 0 Å². The van der Waals surface area contributed by atoms with Gasteiger partial charge in [0.15, 0.2) is 5.76 Å². The van der Waals surface area contributed by atoms with E-state index in [-0.39, 0.29) is 30.7 Å². The van der Waals surface area contributed by atoms with Crippen LogP contribution < -0.4 is 5.32 Å². The third-order valence-corrected chi connectivity index (χ3v) is 5.38. The van der Waals surface area contributed by atoms with Crippen molar-refractivity contribution in [2.24, 2.45) is 0 Å². The molecule has 2 aromatic heterocycles. The summed E-state index contributed by atoms with van der Waals surface area (Å²) in [4.78, 5) is 38.1. The molecule has 3 heterocycles. The fraction of sp³-hybridized carbons (Fsp3) is 0.353. The standard InChI is InChI=1S/C17H18N2O6S/c1-9-6-13(18-15(20)12-4-3-5-25-12)26-14(9)16(21)19-8-10(24-2)7-11(19)17(22)23/h3-6,10-11H,7-8H2,1-2H3,(H,18,20)(H,22,23). The van der Waals surface area contributed by atoms with Gasteiger partial charge in [0.1, 0.15) is 6.04 Å². The highest BCUT2D eigenvalue weighted by Gasteiger charge is 2.40. The van der Waals surface area contributed by atoms with Crippen LogP contribution in [-0.2, 0) is 9.53 Å². The number of carboxylic acids is 1. The molecule has 2 unspecified atom stereocenters.